The Bertz CT molecular complexity index is 612. The Balaban J connectivity index is 1.87. The van der Waals surface area contributed by atoms with Crippen molar-refractivity contribution in [3.8, 4) is 0 Å². The molecule has 2 N–H and O–H groups in total. The molecule has 0 aromatic carbocycles. The number of hydrogen-bond acceptors (Lipinski definition) is 4. The van der Waals surface area contributed by atoms with Crippen molar-refractivity contribution in [3.05, 3.63) is 23.8 Å². The zero-order valence-electron chi connectivity index (χ0n) is 18.9. The second-order valence-electron chi connectivity index (χ2n) is 9.49. The van der Waals surface area contributed by atoms with Crippen LogP contribution in [0.15, 0.2) is 23.8 Å². The molecule has 2 saturated heterocycles. The molecule has 29 heavy (non-hydrogen) atoms. The number of aliphatic carboxylic acids is 1. The smallest absolute Gasteiger partial charge is 0.305 e. The first-order valence-corrected chi connectivity index (χ1v) is 11.2. The Hall–Kier alpha value is -1.17. The first kappa shape index (κ1) is 24.1. The maximum atomic E-state index is 11.0. The number of aliphatic hydroxyl groups is 1. The number of rotatable bonds is 10. The van der Waals surface area contributed by atoms with Crippen molar-refractivity contribution in [1.29, 1.82) is 0 Å². The highest BCUT2D eigenvalue weighted by molar-refractivity contribution is 5.67. The summed E-state index contributed by atoms with van der Waals surface area (Å²) in [5.41, 5.74) is 0.992. The van der Waals surface area contributed by atoms with Crippen LogP contribution in [0.4, 0.5) is 0 Å². The highest BCUT2D eigenvalue weighted by Crippen LogP contribution is 2.47. The molecule has 2 aliphatic rings. The monoisotopic (exact) mass is 408 g/mol. The number of epoxide rings is 1. The summed E-state index contributed by atoms with van der Waals surface area (Å²) in [5.74, 6) is 0.123. The van der Waals surface area contributed by atoms with E-state index in [1.807, 2.05) is 6.92 Å². The van der Waals surface area contributed by atoms with Gasteiger partial charge in [-0.2, -0.15) is 0 Å². The molecular weight excluding hydrogens is 368 g/mol. The van der Waals surface area contributed by atoms with E-state index in [0.717, 1.165) is 31.3 Å². The lowest BCUT2D eigenvalue weighted by molar-refractivity contribution is -0.143. The molecule has 2 heterocycles. The summed E-state index contributed by atoms with van der Waals surface area (Å²) in [5, 5.41) is 19.1. The molecular formula is C24H40O5. The summed E-state index contributed by atoms with van der Waals surface area (Å²) in [6.07, 6.45) is 9.56. The Kier molecular flexibility index (Phi) is 8.50. The molecule has 166 valence electrons. The third-order valence-corrected chi connectivity index (χ3v) is 6.62. The van der Waals surface area contributed by atoms with Gasteiger partial charge < -0.3 is 19.7 Å². The molecule has 0 aromatic heterocycles. The van der Waals surface area contributed by atoms with Gasteiger partial charge in [-0.05, 0) is 56.9 Å². The molecule has 0 saturated carbocycles. The molecule has 2 rings (SSSR count). The summed E-state index contributed by atoms with van der Waals surface area (Å²) in [7, 11) is 0. The first-order valence-electron chi connectivity index (χ1n) is 11.2. The van der Waals surface area contributed by atoms with E-state index in [1.165, 1.54) is 0 Å². The highest BCUT2D eigenvalue weighted by Gasteiger charge is 2.55. The van der Waals surface area contributed by atoms with Gasteiger partial charge >= 0.3 is 5.97 Å². The number of ether oxygens (including phenoxy) is 2. The van der Waals surface area contributed by atoms with Crippen LogP contribution in [0.3, 0.4) is 0 Å². The van der Waals surface area contributed by atoms with Crippen LogP contribution >= 0.6 is 0 Å². The molecule has 0 amide bonds. The lowest BCUT2D eigenvalue weighted by Crippen LogP contribution is -2.35. The van der Waals surface area contributed by atoms with Gasteiger partial charge in [-0.15, -0.1) is 0 Å². The summed E-state index contributed by atoms with van der Waals surface area (Å²) in [6.45, 7) is 12.6. The molecule has 5 heteroatoms. The van der Waals surface area contributed by atoms with E-state index in [0.29, 0.717) is 11.8 Å². The second-order valence-corrected chi connectivity index (χ2v) is 9.49. The van der Waals surface area contributed by atoms with Gasteiger partial charge in [0.2, 0.25) is 0 Å². The SMILES string of the molecule is CC[C@H](O)[C@@H](C)[C@H]1O[C@]1(C)C[C@H](C)/C=C/C=C(\C)[C@H]1O[C@@H](CC(=O)O)CC[C@@H]1C. The molecule has 0 aliphatic carbocycles. The minimum Gasteiger partial charge on any atom is -0.481 e. The fourth-order valence-electron chi connectivity index (χ4n) is 4.77. The van der Waals surface area contributed by atoms with Gasteiger partial charge in [0.1, 0.15) is 0 Å². The third-order valence-electron chi connectivity index (χ3n) is 6.62. The van der Waals surface area contributed by atoms with Gasteiger partial charge in [-0.25, -0.2) is 0 Å². The highest BCUT2D eigenvalue weighted by atomic mass is 16.6. The molecule has 0 unspecified atom stereocenters. The zero-order chi connectivity index (χ0) is 21.8. The Morgan fingerprint density at radius 1 is 1.31 bits per heavy atom. The van der Waals surface area contributed by atoms with E-state index < -0.39 is 5.97 Å². The molecule has 0 aromatic rings. The molecule has 0 bridgehead atoms. The summed E-state index contributed by atoms with van der Waals surface area (Å²) in [6, 6.07) is 0. The molecule has 5 nitrogen and oxygen atoms in total. The molecule has 8 atom stereocenters. The summed E-state index contributed by atoms with van der Waals surface area (Å²) in [4.78, 5) is 11.0. The second kappa shape index (κ2) is 10.2. The van der Waals surface area contributed by atoms with E-state index in [-0.39, 0.29) is 42.4 Å². The third kappa shape index (κ3) is 6.66. The number of carboxylic acids is 1. The first-order chi connectivity index (χ1) is 13.6. The minimum atomic E-state index is -0.798. The van der Waals surface area contributed by atoms with E-state index in [4.69, 9.17) is 14.6 Å². The lowest BCUT2D eigenvalue weighted by atomic mass is 9.86. The van der Waals surface area contributed by atoms with E-state index >= 15 is 0 Å². The normalized spacial score (nSPS) is 36.0. The zero-order valence-corrected chi connectivity index (χ0v) is 18.9. The number of hydrogen-bond donors (Lipinski definition) is 2. The van der Waals surface area contributed by atoms with Crippen LogP contribution in [0.2, 0.25) is 0 Å². The van der Waals surface area contributed by atoms with E-state index in [2.05, 4.69) is 52.8 Å². The number of aliphatic hydroxyl groups excluding tert-OH is 1. The van der Waals surface area contributed by atoms with Gasteiger partial charge in [0, 0.05) is 5.92 Å². The van der Waals surface area contributed by atoms with Gasteiger partial charge in [0.05, 0.1) is 36.4 Å². The quantitative estimate of drug-likeness (QED) is 0.403. The molecule has 2 aliphatic heterocycles. The maximum Gasteiger partial charge on any atom is 0.305 e. The van der Waals surface area contributed by atoms with Crippen LogP contribution in [0.1, 0.15) is 73.6 Å². The van der Waals surface area contributed by atoms with Gasteiger partial charge in [0.25, 0.3) is 0 Å². The summed E-state index contributed by atoms with van der Waals surface area (Å²) >= 11 is 0. The van der Waals surface area contributed by atoms with E-state index in [1.54, 1.807) is 0 Å². The Morgan fingerprint density at radius 3 is 2.62 bits per heavy atom. The van der Waals surface area contributed by atoms with Crippen LogP contribution in [-0.4, -0.2) is 46.2 Å². The van der Waals surface area contributed by atoms with Gasteiger partial charge in [-0.1, -0.05) is 45.9 Å². The van der Waals surface area contributed by atoms with Crippen LogP contribution < -0.4 is 0 Å². The van der Waals surface area contributed by atoms with Crippen LogP contribution in [0.5, 0.6) is 0 Å². The van der Waals surface area contributed by atoms with Crippen LogP contribution in [-0.2, 0) is 14.3 Å². The fraction of sp³-hybridized carbons (Fsp3) is 0.792. The van der Waals surface area contributed by atoms with Crippen molar-refractivity contribution in [1.82, 2.24) is 0 Å². The fourth-order valence-corrected chi connectivity index (χ4v) is 4.77. The van der Waals surface area contributed by atoms with Crippen molar-refractivity contribution in [2.24, 2.45) is 17.8 Å². The lowest BCUT2D eigenvalue weighted by Gasteiger charge is -2.35. The number of carboxylic acid groups (broad SMARTS) is 1. The summed E-state index contributed by atoms with van der Waals surface area (Å²) < 4.78 is 12.0. The van der Waals surface area contributed by atoms with Gasteiger partial charge in [-0.3, -0.25) is 4.79 Å². The van der Waals surface area contributed by atoms with Crippen molar-refractivity contribution < 1.29 is 24.5 Å². The van der Waals surface area contributed by atoms with Gasteiger partial charge in [0.15, 0.2) is 0 Å². The Morgan fingerprint density at radius 2 is 2.00 bits per heavy atom. The van der Waals surface area contributed by atoms with Crippen molar-refractivity contribution in [2.75, 3.05) is 0 Å². The minimum absolute atomic E-state index is 0.0156. The predicted molar refractivity (Wildman–Crippen MR) is 115 cm³/mol. The number of allylic oxidation sites excluding steroid dienone is 3. The average molecular weight is 409 g/mol. The average Bonchev–Trinajstić information content (AvgIpc) is 3.31. The molecule has 0 spiro atoms. The van der Waals surface area contributed by atoms with Crippen molar-refractivity contribution in [2.45, 2.75) is 104 Å². The topological polar surface area (TPSA) is 79.3 Å². The predicted octanol–water partition coefficient (Wildman–Crippen LogP) is 4.74. The maximum absolute atomic E-state index is 11.0. The van der Waals surface area contributed by atoms with Crippen molar-refractivity contribution >= 4 is 5.97 Å². The molecule has 2 fully saturated rings. The van der Waals surface area contributed by atoms with Crippen LogP contribution in [0, 0.1) is 17.8 Å². The van der Waals surface area contributed by atoms with Crippen molar-refractivity contribution in [3.63, 3.8) is 0 Å². The van der Waals surface area contributed by atoms with E-state index in [9.17, 15) is 9.90 Å². The largest absolute Gasteiger partial charge is 0.481 e. The number of carbonyl (C=O) groups is 1. The molecule has 0 radical (unpaired) electrons. The van der Waals surface area contributed by atoms with Crippen LogP contribution in [0.25, 0.3) is 0 Å². The standard InChI is InChI=1S/C24H40O5/c1-7-20(25)18(5)23-24(6,29-23)14-15(2)9-8-10-16(3)22-17(4)11-12-19(28-22)13-21(26)27/h8-10,15,17-20,22-23,25H,7,11-14H2,1-6H3,(H,26,27)/b9-8+,16-10+/t15-,17+,18-,19-,20+,22-,23-,24-/m1/s1. The Labute approximate surface area is 176 Å².